The first-order valence-corrected chi connectivity index (χ1v) is 7.67. The Kier molecular flexibility index (Phi) is 3.93. The molecule has 0 radical (unpaired) electrons. The Hall–Kier alpha value is -2.21. The predicted octanol–water partition coefficient (Wildman–Crippen LogP) is 3.63. The fourth-order valence-electron chi connectivity index (χ4n) is 2.71. The van der Waals surface area contributed by atoms with Crippen molar-refractivity contribution in [3.63, 3.8) is 0 Å². The summed E-state index contributed by atoms with van der Waals surface area (Å²) in [6.45, 7) is 0.326. The van der Waals surface area contributed by atoms with Gasteiger partial charge in [0.05, 0.1) is 17.1 Å². The first-order valence-electron chi connectivity index (χ1n) is 6.88. The zero-order valence-corrected chi connectivity index (χ0v) is 14.1. The Balaban J connectivity index is 2.26. The van der Waals surface area contributed by atoms with Crippen LogP contribution in [0.15, 0.2) is 34.8 Å². The molecule has 118 valence electrons. The summed E-state index contributed by atoms with van der Waals surface area (Å²) in [5.41, 5.74) is 2.84. The third-order valence-corrected chi connectivity index (χ3v) is 4.47. The summed E-state index contributed by atoms with van der Waals surface area (Å²) in [7, 11) is 2.98. The second kappa shape index (κ2) is 5.77. The number of fused-ring (bicyclic) bond motifs is 3. The lowest BCUT2D eigenvalue weighted by Gasteiger charge is -2.15. The fraction of sp³-hybridized carbons (Fsp3) is 0.176. The minimum atomic E-state index is -0.451. The molecule has 6 heteroatoms. The molecule has 0 atom stereocenters. The molecule has 1 aliphatic heterocycles. The maximum Gasteiger partial charge on any atom is 0.337 e. The number of hydrogen-bond acceptors (Lipinski definition) is 3. The van der Waals surface area contributed by atoms with E-state index in [1.165, 1.54) is 24.1 Å². The van der Waals surface area contributed by atoms with Gasteiger partial charge in [-0.25, -0.2) is 9.18 Å². The van der Waals surface area contributed by atoms with E-state index >= 15 is 0 Å². The average Bonchev–Trinajstić information content (AvgIpc) is 2.64. The molecule has 23 heavy (non-hydrogen) atoms. The normalized spacial score (nSPS) is 13.2. The van der Waals surface area contributed by atoms with Gasteiger partial charge in [-0.3, -0.25) is 4.79 Å². The largest absolute Gasteiger partial charge is 0.465 e. The molecule has 0 saturated heterocycles. The lowest BCUT2D eigenvalue weighted by atomic mass is 9.95. The summed E-state index contributed by atoms with van der Waals surface area (Å²) < 4.78 is 18.9. The highest BCUT2D eigenvalue weighted by atomic mass is 79.9. The van der Waals surface area contributed by atoms with Crippen molar-refractivity contribution in [3.8, 4) is 11.1 Å². The maximum atomic E-state index is 14.0. The van der Waals surface area contributed by atoms with Crippen LogP contribution in [0.5, 0.6) is 0 Å². The smallest absolute Gasteiger partial charge is 0.337 e. The van der Waals surface area contributed by atoms with E-state index in [9.17, 15) is 14.0 Å². The van der Waals surface area contributed by atoms with E-state index in [2.05, 4.69) is 15.9 Å². The molecule has 2 aromatic carbocycles. The van der Waals surface area contributed by atoms with Crippen LogP contribution in [0.1, 0.15) is 26.3 Å². The molecule has 0 spiro atoms. The van der Waals surface area contributed by atoms with Crippen molar-refractivity contribution in [1.29, 1.82) is 0 Å². The molecule has 0 aromatic heterocycles. The van der Waals surface area contributed by atoms with E-state index < -0.39 is 11.8 Å². The van der Waals surface area contributed by atoms with Gasteiger partial charge in [-0.2, -0.15) is 0 Å². The molecule has 0 aliphatic carbocycles. The minimum absolute atomic E-state index is 0.198. The van der Waals surface area contributed by atoms with E-state index in [1.54, 1.807) is 25.2 Å². The van der Waals surface area contributed by atoms with Crippen molar-refractivity contribution in [2.24, 2.45) is 0 Å². The highest BCUT2D eigenvalue weighted by Gasteiger charge is 2.26. The van der Waals surface area contributed by atoms with Crippen molar-refractivity contribution in [2.45, 2.75) is 6.54 Å². The van der Waals surface area contributed by atoms with Crippen LogP contribution >= 0.6 is 15.9 Å². The lowest BCUT2D eigenvalue weighted by Crippen LogP contribution is -2.25. The molecule has 2 aromatic rings. The van der Waals surface area contributed by atoms with Crippen molar-refractivity contribution in [3.05, 3.63) is 57.3 Å². The van der Waals surface area contributed by atoms with E-state index in [-0.39, 0.29) is 10.4 Å². The zero-order valence-electron chi connectivity index (χ0n) is 12.5. The van der Waals surface area contributed by atoms with Gasteiger partial charge in [0, 0.05) is 19.2 Å². The number of benzene rings is 2. The molecule has 4 nitrogen and oxygen atoms in total. The van der Waals surface area contributed by atoms with E-state index in [1.807, 2.05) is 0 Å². The van der Waals surface area contributed by atoms with Gasteiger partial charge in [0.15, 0.2) is 0 Å². The summed E-state index contributed by atoms with van der Waals surface area (Å²) in [5.74, 6) is -1.09. The quantitative estimate of drug-likeness (QED) is 0.712. The summed E-state index contributed by atoms with van der Waals surface area (Å²) in [6, 6.07) is 7.85. The molecular weight excluding hydrogens is 365 g/mol. The van der Waals surface area contributed by atoms with Gasteiger partial charge in [0.25, 0.3) is 5.91 Å². The first kappa shape index (κ1) is 15.7. The lowest BCUT2D eigenvalue weighted by molar-refractivity contribution is 0.0600. The fourth-order valence-corrected chi connectivity index (χ4v) is 3.06. The molecule has 0 fully saturated rings. The Morgan fingerprint density at radius 3 is 2.65 bits per heavy atom. The standard InChI is InChI=1S/C17H13BrFNO3/c1-20-8-10-5-9(17(22)23-2)3-4-11(10)12-7-15(19)14(18)6-13(12)16(20)21/h3-7H,8H2,1-2H3. The zero-order chi connectivity index (χ0) is 16.7. The first-order chi connectivity index (χ1) is 10.9. The van der Waals surface area contributed by atoms with Crippen molar-refractivity contribution >= 4 is 27.8 Å². The Morgan fingerprint density at radius 2 is 1.96 bits per heavy atom. The maximum absolute atomic E-state index is 14.0. The number of carbonyl (C=O) groups excluding carboxylic acids is 2. The molecule has 0 unspecified atom stereocenters. The number of amides is 1. The van der Waals surface area contributed by atoms with E-state index in [0.29, 0.717) is 23.2 Å². The number of ether oxygens (including phenoxy) is 1. The van der Waals surface area contributed by atoms with Gasteiger partial charge in [0.1, 0.15) is 5.82 Å². The number of esters is 1. The average molecular weight is 378 g/mol. The molecule has 0 N–H and O–H groups in total. The van der Waals surface area contributed by atoms with Crippen LogP contribution in [0, 0.1) is 5.82 Å². The van der Waals surface area contributed by atoms with Crippen molar-refractivity contribution < 1.29 is 18.7 Å². The van der Waals surface area contributed by atoms with Gasteiger partial charge in [-0.05, 0) is 56.9 Å². The van der Waals surface area contributed by atoms with Gasteiger partial charge in [0.2, 0.25) is 0 Å². The van der Waals surface area contributed by atoms with Crippen LogP contribution in [0.3, 0.4) is 0 Å². The van der Waals surface area contributed by atoms with Crippen LogP contribution in [0.2, 0.25) is 0 Å². The van der Waals surface area contributed by atoms with Gasteiger partial charge >= 0.3 is 5.97 Å². The van der Waals surface area contributed by atoms with Crippen LogP contribution in [-0.2, 0) is 11.3 Å². The number of carbonyl (C=O) groups is 2. The molecule has 1 amide bonds. The van der Waals surface area contributed by atoms with E-state index in [4.69, 9.17) is 4.74 Å². The summed E-state index contributed by atoms with van der Waals surface area (Å²) in [5, 5.41) is 0. The van der Waals surface area contributed by atoms with Crippen LogP contribution in [-0.4, -0.2) is 30.9 Å². The summed E-state index contributed by atoms with van der Waals surface area (Å²) in [6.07, 6.45) is 0. The Labute approximate surface area is 141 Å². The molecule has 0 bridgehead atoms. The molecule has 0 saturated carbocycles. The summed E-state index contributed by atoms with van der Waals surface area (Å²) >= 11 is 3.12. The Morgan fingerprint density at radius 1 is 1.22 bits per heavy atom. The highest BCUT2D eigenvalue weighted by Crippen LogP contribution is 2.35. The molecular formula is C17H13BrFNO3. The van der Waals surface area contributed by atoms with E-state index in [0.717, 1.165) is 11.1 Å². The highest BCUT2D eigenvalue weighted by molar-refractivity contribution is 9.10. The number of hydrogen-bond donors (Lipinski definition) is 0. The van der Waals surface area contributed by atoms with Crippen molar-refractivity contribution in [2.75, 3.05) is 14.2 Å². The summed E-state index contributed by atoms with van der Waals surface area (Å²) in [4.78, 5) is 25.8. The van der Waals surface area contributed by atoms with Crippen LogP contribution < -0.4 is 0 Å². The second-order valence-corrected chi connectivity index (χ2v) is 6.19. The third kappa shape index (κ3) is 2.63. The number of nitrogens with zero attached hydrogens (tertiary/aromatic N) is 1. The molecule has 1 heterocycles. The molecule has 3 rings (SSSR count). The van der Waals surface area contributed by atoms with Crippen molar-refractivity contribution in [1.82, 2.24) is 4.90 Å². The predicted molar refractivity (Wildman–Crippen MR) is 86.7 cm³/mol. The van der Waals surface area contributed by atoms with Gasteiger partial charge < -0.3 is 9.64 Å². The number of methoxy groups -OCH3 is 1. The topological polar surface area (TPSA) is 46.6 Å². The third-order valence-electron chi connectivity index (χ3n) is 3.86. The van der Waals surface area contributed by atoms with Gasteiger partial charge in [-0.15, -0.1) is 0 Å². The number of halogens is 2. The van der Waals surface area contributed by atoms with Gasteiger partial charge in [-0.1, -0.05) is 6.07 Å². The SMILES string of the molecule is COC(=O)c1ccc2c(c1)CN(C)C(=O)c1cc(Br)c(F)cc1-2. The monoisotopic (exact) mass is 377 g/mol. The van der Waals surface area contributed by atoms with Crippen LogP contribution in [0.4, 0.5) is 4.39 Å². The Bertz CT molecular complexity index is 835. The second-order valence-electron chi connectivity index (χ2n) is 5.34. The van der Waals surface area contributed by atoms with Crippen LogP contribution in [0.25, 0.3) is 11.1 Å². The number of rotatable bonds is 1. The minimum Gasteiger partial charge on any atom is -0.465 e. The molecule has 1 aliphatic rings.